The summed E-state index contributed by atoms with van der Waals surface area (Å²) >= 11 is 0. The number of anilines is 1. The molecule has 3 N–H and O–H groups in total. The topological polar surface area (TPSA) is 59.1 Å². The first kappa shape index (κ1) is 8.81. The summed E-state index contributed by atoms with van der Waals surface area (Å²) in [5, 5.41) is 10.2. The molecule has 0 spiro atoms. The molecule has 2 aromatic rings. The summed E-state index contributed by atoms with van der Waals surface area (Å²) in [5.74, 6) is 0.0440. The summed E-state index contributed by atoms with van der Waals surface area (Å²) in [6.45, 7) is 3.98. The Morgan fingerprint density at radius 1 is 1.29 bits per heavy atom. The third-order valence-corrected chi connectivity index (χ3v) is 2.33. The minimum absolute atomic E-state index is 0.0440. The van der Waals surface area contributed by atoms with Gasteiger partial charge in [-0.3, -0.25) is 4.98 Å². The molecule has 0 fully saturated rings. The summed E-state index contributed by atoms with van der Waals surface area (Å²) in [6.07, 6.45) is 1.39. The minimum atomic E-state index is 0.0440. The van der Waals surface area contributed by atoms with Crippen LogP contribution in [0.2, 0.25) is 0 Å². The van der Waals surface area contributed by atoms with Crippen LogP contribution in [0.4, 0.5) is 5.69 Å². The Balaban J connectivity index is 2.95. The lowest BCUT2D eigenvalue weighted by Crippen LogP contribution is -1.92. The maximum absolute atomic E-state index is 9.41. The molecular weight excluding hydrogens is 176 g/mol. The summed E-state index contributed by atoms with van der Waals surface area (Å²) in [7, 11) is 0. The number of aromatic hydroxyl groups is 1. The molecule has 0 atom stereocenters. The van der Waals surface area contributed by atoms with Gasteiger partial charge in [0.2, 0.25) is 0 Å². The molecule has 0 saturated heterocycles. The van der Waals surface area contributed by atoms with Crippen LogP contribution in [0, 0.1) is 13.8 Å². The van der Waals surface area contributed by atoms with Crippen molar-refractivity contribution in [3.63, 3.8) is 0 Å². The average molecular weight is 188 g/mol. The maximum atomic E-state index is 9.41. The lowest BCUT2D eigenvalue weighted by atomic mass is 10.1. The van der Waals surface area contributed by atoms with Crippen molar-refractivity contribution < 1.29 is 5.11 Å². The summed E-state index contributed by atoms with van der Waals surface area (Å²) in [6, 6.07) is 3.98. The Hall–Kier alpha value is -1.77. The van der Waals surface area contributed by atoms with Crippen LogP contribution in [0.15, 0.2) is 18.3 Å². The Morgan fingerprint density at radius 2 is 2.00 bits per heavy atom. The third kappa shape index (κ3) is 1.18. The van der Waals surface area contributed by atoms with Gasteiger partial charge in [-0.05, 0) is 25.5 Å². The Morgan fingerprint density at radius 3 is 2.71 bits per heavy atom. The molecule has 72 valence electrons. The third-order valence-electron chi connectivity index (χ3n) is 2.33. The monoisotopic (exact) mass is 188 g/mol. The minimum Gasteiger partial charge on any atom is -0.504 e. The van der Waals surface area contributed by atoms with Crippen molar-refractivity contribution in [3.8, 4) is 5.75 Å². The first-order valence-electron chi connectivity index (χ1n) is 4.44. The largest absolute Gasteiger partial charge is 0.504 e. The van der Waals surface area contributed by atoms with E-state index in [1.54, 1.807) is 0 Å². The number of aromatic nitrogens is 1. The van der Waals surface area contributed by atoms with E-state index in [2.05, 4.69) is 4.98 Å². The molecular formula is C11H12N2O. The van der Waals surface area contributed by atoms with E-state index in [1.165, 1.54) is 6.20 Å². The number of aryl methyl sites for hydroxylation is 2. The highest BCUT2D eigenvalue weighted by Gasteiger charge is 2.06. The molecule has 0 amide bonds. The predicted molar refractivity (Wildman–Crippen MR) is 57.3 cm³/mol. The lowest BCUT2D eigenvalue weighted by Gasteiger charge is -2.07. The number of pyridine rings is 1. The van der Waals surface area contributed by atoms with Crippen LogP contribution in [0.3, 0.4) is 0 Å². The molecule has 1 heterocycles. The summed E-state index contributed by atoms with van der Waals surface area (Å²) < 4.78 is 0. The number of rotatable bonds is 0. The number of hydrogen-bond donors (Lipinski definition) is 2. The molecule has 0 aliphatic heterocycles. The molecule has 1 aromatic heterocycles. The van der Waals surface area contributed by atoms with E-state index in [-0.39, 0.29) is 5.75 Å². The summed E-state index contributed by atoms with van der Waals surface area (Å²) in [4.78, 5) is 4.15. The molecule has 3 heteroatoms. The zero-order valence-electron chi connectivity index (χ0n) is 8.20. The van der Waals surface area contributed by atoms with Crippen LogP contribution >= 0.6 is 0 Å². The molecule has 0 unspecified atom stereocenters. The van der Waals surface area contributed by atoms with Crippen molar-refractivity contribution in [1.29, 1.82) is 0 Å². The summed E-state index contributed by atoms with van der Waals surface area (Å²) in [5.41, 5.74) is 9.22. The van der Waals surface area contributed by atoms with Crippen LogP contribution in [0.25, 0.3) is 10.9 Å². The van der Waals surface area contributed by atoms with Crippen molar-refractivity contribution in [2.75, 3.05) is 5.73 Å². The molecule has 2 rings (SSSR count). The highest BCUT2D eigenvalue weighted by Crippen LogP contribution is 2.29. The van der Waals surface area contributed by atoms with Gasteiger partial charge < -0.3 is 10.8 Å². The zero-order chi connectivity index (χ0) is 10.3. The molecule has 0 radical (unpaired) electrons. The van der Waals surface area contributed by atoms with E-state index in [9.17, 15) is 5.11 Å². The molecule has 0 aliphatic rings. The van der Waals surface area contributed by atoms with E-state index < -0.39 is 0 Å². The maximum Gasteiger partial charge on any atom is 0.157 e. The normalized spacial score (nSPS) is 10.7. The van der Waals surface area contributed by atoms with Crippen LogP contribution in [-0.4, -0.2) is 10.1 Å². The average Bonchev–Trinajstić information content (AvgIpc) is 2.12. The molecule has 0 bridgehead atoms. The van der Waals surface area contributed by atoms with E-state index in [4.69, 9.17) is 5.73 Å². The highest BCUT2D eigenvalue weighted by atomic mass is 16.3. The second kappa shape index (κ2) is 2.87. The first-order chi connectivity index (χ1) is 6.59. The predicted octanol–water partition coefficient (Wildman–Crippen LogP) is 2.14. The van der Waals surface area contributed by atoms with Crippen LogP contribution in [0.1, 0.15) is 11.1 Å². The molecule has 14 heavy (non-hydrogen) atoms. The number of benzene rings is 1. The standard InChI is InChI=1S/C11H12N2O/c1-6-3-7(2)11-8(4-6)10(12)9(14)5-13-11/h3-5,14H,1-2H3,(H2,12,13). The van der Waals surface area contributed by atoms with E-state index in [0.717, 1.165) is 22.0 Å². The molecule has 0 aliphatic carbocycles. The Bertz CT molecular complexity index is 506. The van der Waals surface area contributed by atoms with Gasteiger partial charge in [0.05, 0.1) is 17.4 Å². The second-order valence-electron chi connectivity index (χ2n) is 3.54. The number of nitrogen functional groups attached to an aromatic ring is 1. The fourth-order valence-corrected chi connectivity index (χ4v) is 1.67. The smallest absolute Gasteiger partial charge is 0.157 e. The Kier molecular flexibility index (Phi) is 1.81. The number of nitrogens with two attached hydrogens (primary N) is 1. The van der Waals surface area contributed by atoms with Crippen molar-refractivity contribution in [2.24, 2.45) is 0 Å². The van der Waals surface area contributed by atoms with Gasteiger partial charge in [-0.2, -0.15) is 0 Å². The quantitative estimate of drug-likeness (QED) is 0.665. The van der Waals surface area contributed by atoms with Crippen LogP contribution in [0.5, 0.6) is 5.75 Å². The molecule has 0 saturated carbocycles. The van der Waals surface area contributed by atoms with E-state index in [1.807, 2.05) is 26.0 Å². The van der Waals surface area contributed by atoms with Crippen LogP contribution < -0.4 is 5.73 Å². The van der Waals surface area contributed by atoms with Gasteiger partial charge in [-0.1, -0.05) is 11.6 Å². The van der Waals surface area contributed by atoms with Crippen molar-refractivity contribution in [2.45, 2.75) is 13.8 Å². The number of hydrogen-bond acceptors (Lipinski definition) is 3. The van der Waals surface area contributed by atoms with Crippen molar-refractivity contribution >= 4 is 16.6 Å². The molecule has 1 aromatic carbocycles. The number of fused-ring (bicyclic) bond motifs is 1. The van der Waals surface area contributed by atoms with Gasteiger partial charge in [0.1, 0.15) is 0 Å². The van der Waals surface area contributed by atoms with Gasteiger partial charge >= 0.3 is 0 Å². The van der Waals surface area contributed by atoms with Gasteiger partial charge in [0, 0.05) is 5.39 Å². The van der Waals surface area contributed by atoms with Gasteiger partial charge in [0.25, 0.3) is 0 Å². The Labute approximate surface area is 82.2 Å². The van der Waals surface area contributed by atoms with E-state index in [0.29, 0.717) is 5.69 Å². The SMILES string of the molecule is Cc1cc(C)c2ncc(O)c(N)c2c1. The second-order valence-corrected chi connectivity index (χ2v) is 3.54. The fraction of sp³-hybridized carbons (Fsp3) is 0.182. The zero-order valence-corrected chi connectivity index (χ0v) is 8.20. The van der Waals surface area contributed by atoms with E-state index >= 15 is 0 Å². The van der Waals surface area contributed by atoms with Gasteiger partial charge in [0.15, 0.2) is 5.75 Å². The fourth-order valence-electron chi connectivity index (χ4n) is 1.67. The first-order valence-corrected chi connectivity index (χ1v) is 4.44. The van der Waals surface area contributed by atoms with Gasteiger partial charge in [-0.25, -0.2) is 0 Å². The lowest BCUT2D eigenvalue weighted by molar-refractivity contribution is 0.476. The molecule has 3 nitrogen and oxygen atoms in total. The van der Waals surface area contributed by atoms with Gasteiger partial charge in [-0.15, -0.1) is 0 Å². The van der Waals surface area contributed by atoms with Crippen molar-refractivity contribution in [3.05, 3.63) is 29.5 Å². The van der Waals surface area contributed by atoms with Crippen LogP contribution in [-0.2, 0) is 0 Å². The van der Waals surface area contributed by atoms with Crippen molar-refractivity contribution in [1.82, 2.24) is 4.98 Å². The highest BCUT2D eigenvalue weighted by molar-refractivity contribution is 5.94. The number of nitrogens with zero attached hydrogens (tertiary/aromatic N) is 1.